The standard InChI is InChI=1S/C11H12N2O4S/c1-6(2)10-12-8(17-13-10)5-16-7-3-4-18-9(7)11(14)15/h3-4,6H,5H2,1-2H3,(H,14,15). The molecule has 96 valence electrons. The van der Waals surface area contributed by atoms with Crippen LogP contribution in [0.5, 0.6) is 5.75 Å². The number of carboxylic acids is 1. The van der Waals surface area contributed by atoms with E-state index < -0.39 is 5.97 Å². The topological polar surface area (TPSA) is 85.5 Å². The summed E-state index contributed by atoms with van der Waals surface area (Å²) in [6.07, 6.45) is 0. The Kier molecular flexibility index (Phi) is 3.61. The first-order chi connectivity index (χ1) is 8.58. The predicted molar refractivity (Wildman–Crippen MR) is 64.0 cm³/mol. The molecule has 0 aliphatic carbocycles. The highest BCUT2D eigenvalue weighted by molar-refractivity contribution is 7.12. The van der Waals surface area contributed by atoms with Gasteiger partial charge in [0.1, 0.15) is 5.75 Å². The Balaban J connectivity index is 2.02. The normalized spacial score (nSPS) is 10.8. The van der Waals surface area contributed by atoms with E-state index in [0.29, 0.717) is 17.5 Å². The van der Waals surface area contributed by atoms with Crippen molar-refractivity contribution in [3.05, 3.63) is 28.0 Å². The van der Waals surface area contributed by atoms with Crippen LogP contribution in [0.15, 0.2) is 16.0 Å². The second kappa shape index (κ2) is 5.18. The molecule has 0 saturated carbocycles. The van der Waals surface area contributed by atoms with Crippen LogP contribution >= 0.6 is 11.3 Å². The second-order valence-electron chi connectivity index (χ2n) is 3.91. The maximum atomic E-state index is 10.9. The lowest BCUT2D eigenvalue weighted by molar-refractivity contribution is 0.0697. The summed E-state index contributed by atoms with van der Waals surface area (Å²) in [5, 5.41) is 14.4. The van der Waals surface area contributed by atoms with Gasteiger partial charge in [0.2, 0.25) is 0 Å². The minimum absolute atomic E-state index is 0.0662. The van der Waals surface area contributed by atoms with E-state index in [-0.39, 0.29) is 17.4 Å². The number of carboxylic acid groups (broad SMARTS) is 1. The quantitative estimate of drug-likeness (QED) is 0.896. The maximum absolute atomic E-state index is 10.9. The molecule has 18 heavy (non-hydrogen) atoms. The van der Waals surface area contributed by atoms with Gasteiger partial charge in [-0.3, -0.25) is 0 Å². The molecule has 1 N–H and O–H groups in total. The van der Waals surface area contributed by atoms with Gasteiger partial charge in [-0.25, -0.2) is 4.79 Å². The summed E-state index contributed by atoms with van der Waals surface area (Å²) in [5.74, 6) is 0.432. The molecule has 0 aliphatic heterocycles. The van der Waals surface area contributed by atoms with Crippen LogP contribution in [0.25, 0.3) is 0 Å². The van der Waals surface area contributed by atoms with Crippen LogP contribution in [0.1, 0.15) is 41.2 Å². The number of carbonyl (C=O) groups is 1. The first kappa shape index (κ1) is 12.6. The molecule has 0 unspecified atom stereocenters. The number of nitrogens with zero attached hydrogens (tertiary/aromatic N) is 2. The molecule has 0 radical (unpaired) electrons. The summed E-state index contributed by atoms with van der Waals surface area (Å²) in [6, 6.07) is 1.61. The van der Waals surface area contributed by atoms with E-state index in [0.717, 1.165) is 11.3 Å². The Hall–Kier alpha value is -1.89. The van der Waals surface area contributed by atoms with Gasteiger partial charge in [-0.1, -0.05) is 19.0 Å². The molecule has 7 heteroatoms. The van der Waals surface area contributed by atoms with E-state index in [1.165, 1.54) is 0 Å². The van der Waals surface area contributed by atoms with Gasteiger partial charge in [0.15, 0.2) is 17.3 Å². The van der Waals surface area contributed by atoms with Gasteiger partial charge in [0.25, 0.3) is 5.89 Å². The molecule has 2 aromatic rings. The summed E-state index contributed by atoms with van der Waals surface area (Å²) >= 11 is 1.11. The SMILES string of the molecule is CC(C)c1noc(COc2ccsc2C(=O)O)n1. The second-order valence-corrected chi connectivity index (χ2v) is 4.82. The number of aromatic nitrogens is 2. The Morgan fingerprint density at radius 3 is 3.00 bits per heavy atom. The minimum atomic E-state index is -1.01. The first-order valence-electron chi connectivity index (χ1n) is 5.34. The van der Waals surface area contributed by atoms with Crippen molar-refractivity contribution in [1.82, 2.24) is 10.1 Å². The van der Waals surface area contributed by atoms with Crippen molar-refractivity contribution in [2.75, 3.05) is 0 Å². The lowest BCUT2D eigenvalue weighted by atomic mass is 10.2. The third kappa shape index (κ3) is 2.67. The molecule has 0 amide bonds. The minimum Gasteiger partial charge on any atom is -0.482 e. The van der Waals surface area contributed by atoms with Crippen LogP contribution in [-0.2, 0) is 6.61 Å². The highest BCUT2D eigenvalue weighted by Crippen LogP contribution is 2.25. The average Bonchev–Trinajstić information content (AvgIpc) is 2.95. The summed E-state index contributed by atoms with van der Waals surface area (Å²) in [6.45, 7) is 3.98. The zero-order valence-corrected chi connectivity index (χ0v) is 10.7. The average molecular weight is 268 g/mol. The Labute approximate surface area is 107 Å². The van der Waals surface area contributed by atoms with E-state index in [2.05, 4.69) is 10.1 Å². The van der Waals surface area contributed by atoms with Crippen LogP contribution in [0.2, 0.25) is 0 Å². The molecule has 0 bridgehead atoms. The van der Waals surface area contributed by atoms with Crippen molar-refractivity contribution in [3.63, 3.8) is 0 Å². The van der Waals surface area contributed by atoms with Crippen LogP contribution < -0.4 is 4.74 Å². The van der Waals surface area contributed by atoms with Gasteiger partial charge in [-0.05, 0) is 11.4 Å². The molecule has 0 aromatic carbocycles. The van der Waals surface area contributed by atoms with E-state index in [1.54, 1.807) is 11.4 Å². The highest BCUT2D eigenvalue weighted by atomic mass is 32.1. The van der Waals surface area contributed by atoms with Crippen LogP contribution in [0.4, 0.5) is 0 Å². The lowest BCUT2D eigenvalue weighted by Gasteiger charge is -2.01. The van der Waals surface area contributed by atoms with Crippen molar-refractivity contribution in [2.24, 2.45) is 0 Å². The number of rotatable bonds is 5. The van der Waals surface area contributed by atoms with Crippen molar-refractivity contribution >= 4 is 17.3 Å². The van der Waals surface area contributed by atoms with E-state index in [9.17, 15) is 4.79 Å². The monoisotopic (exact) mass is 268 g/mol. The zero-order valence-electron chi connectivity index (χ0n) is 9.91. The molecular formula is C11H12N2O4S. The molecule has 0 fully saturated rings. The van der Waals surface area contributed by atoms with Gasteiger partial charge in [-0.15, -0.1) is 11.3 Å². The first-order valence-corrected chi connectivity index (χ1v) is 6.22. The third-order valence-corrected chi connectivity index (χ3v) is 3.06. The van der Waals surface area contributed by atoms with Gasteiger partial charge < -0.3 is 14.4 Å². The van der Waals surface area contributed by atoms with Crippen molar-refractivity contribution in [1.29, 1.82) is 0 Å². The summed E-state index contributed by atoms with van der Waals surface area (Å²) in [7, 11) is 0. The number of ether oxygens (including phenoxy) is 1. The molecule has 2 aromatic heterocycles. The molecular weight excluding hydrogens is 256 g/mol. The summed E-state index contributed by atoms with van der Waals surface area (Å²) in [5.41, 5.74) is 0. The molecule has 0 saturated heterocycles. The van der Waals surface area contributed by atoms with Crippen molar-refractivity contribution in [2.45, 2.75) is 26.4 Å². The lowest BCUT2D eigenvalue weighted by Crippen LogP contribution is -2.00. The third-order valence-electron chi connectivity index (χ3n) is 2.17. The molecule has 0 atom stereocenters. The van der Waals surface area contributed by atoms with Crippen LogP contribution in [-0.4, -0.2) is 21.2 Å². The van der Waals surface area contributed by atoms with E-state index >= 15 is 0 Å². The van der Waals surface area contributed by atoms with Gasteiger partial charge in [0, 0.05) is 5.92 Å². The zero-order chi connectivity index (χ0) is 13.1. The summed E-state index contributed by atoms with van der Waals surface area (Å²) in [4.78, 5) is 15.2. The molecule has 2 rings (SSSR count). The fourth-order valence-electron chi connectivity index (χ4n) is 1.27. The van der Waals surface area contributed by atoms with E-state index in [1.807, 2.05) is 13.8 Å². The number of hydrogen-bond donors (Lipinski definition) is 1. The Bertz CT molecular complexity index is 547. The van der Waals surface area contributed by atoms with Gasteiger partial charge >= 0.3 is 5.97 Å². The fraction of sp³-hybridized carbons (Fsp3) is 0.364. The molecule has 6 nitrogen and oxygen atoms in total. The van der Waals surface area contributed by atoms with E-state index in [4.69, 9.17) is 14.4 Å². The van der Waals surface area contributed by atoms with Crippen molar-refractivity contribution < 1.29 is 19.2 Å². The smallest absolute Gasteiger partial charge is 0.349 e. The summed E-state index contributed by atoms with van der Waals surface area (Å²) < 4.78 is 10.3. The Morgan fingerprint density at radius 2 is 2.39 bits per heavy atom. The predicted octanol–water partition coefficient (Wildman–Crippen LogP) is 2.53. The van der Waals surface area contributed by atoms with Crippen LogP contribution in [0.3, 0.4) is 0 Å². The van der Waals surface area contributed by atoms with Crippen LogP contribution in [0, 0.1) is 0 Å². The number of hydrogen-bond acceptors (Lipinski definition) is 6. The maximum Gasteiger partial charge on any atom is 0.349 e. The van der Waals surface area contributed by atoms with Gasteiger partial charge in [-0.2, -0.15) is 4.98 Å². The Morgan fingerprint density at radius 1 is 1.61 bits per heavy atom. The van der Waals surface area contributed by atoms with Crippen molar-refractivity contribution in [3.8, 4) is 5.75 Å². The largest absolute Gasteiger partial charge is 0.482 e. The highest BCUT2D eigenvalue weighted by Gasteiger charge is 2.15. The van der Waals surface area contributed by atoms with Gasteiger partial charge in [0.05, 0.1) is 0 Å². The molecule has 0 spiro atoms. The number of aromatic carboxylic acids is 1. The fourth-order valence-corrected chi connectivity index (χ4v) is 1.94. The number of thiophene rings is 1. The molecule has 2 heterocycles. The molecule has 0 aliphatic rings.